The number of carbonyl (C=O) groups is 1. The van der Waals surface area contributed by atoms with E-state index in [2.05, 4.69) is 0 Å². The molecule has 3 nitrogen and oxygen atoms in total. The molecule has 0 aromatic carbocycles. The molecular formula is C13H22F3NO2. The first kappa shape index (κ1) is 16.3. The molecule has 0 N–H and O–H groups in total. The van der Waals surface area contributed by atoms with Gasteiger partial charge in [0.1, 0.15) is 6.04 Å². The van der Waals surface area contributed by atoms with Crippen LogP contribution in [-0.4, -0.2) is 42.8 Å². The summed E-state index contributed by atoms with van der Waals surface area (Å²) in [7, 11) is 0. The molecule has 0 bridgehead atoms. The van der Waals surface area contributed by atoms with Crippen LogP contribution < -0.4 is 0 Å². The molecule has 1 aliphatic rings. The lowest BCUT2D eigenvalue weighted by molar-refractivity contribution is -0.191. The number of piperidine rings is 1. The fraction of sp³-hybridized carbons (Fsp3) is 0.923. The Morgan fingerprint density at radius 1 is 1.42 bits per heavy atom. The maximum absolute atomic E-state index is 12.8. The summed E-state index contributed by atoms with van der Waals surface area (Å²) in [4.78, 5) is 13.5. The standard InChI is InChI=1S/C13H22F3NO2/c1-3-6-11(12(18)19-4-2)17-8-5-7-10(9-17)13(14,15)16/h10-11H,3-9H2,1-2H3. The smallest absolute Gasteiger partial charge is 0.393 e. The van der Waals surface area contributed by atoms with E-state index in [1.165, 1.54) is 0 Å². The van der Waals surface area contributed by atoms with Gasteiger partial charge in [-0.15, -0.1) is 0 Å². The first-order chi connectivity index (χ1) is 8.90. The molecular weight excluding hydrogens is 259 g/mol. The summed E-state index contributed by atoms with van der Waals surface area (Å²) >= 11 is 0. The number of rotatable bonds is 5. The van der Waals surface area contributed by atoms with Crippen molar-refractivity contribution in [1.82, 2.24) is 4.90 Å². The Morgan fingerprint density at radius 2 is 2.11 bits per heavy atom. The molecule has 2 unspecified atom stereocenters. The maximum Gasteiger partial charge on any atom is 0.393 e. The molecule has 0 aromatic heterocycles. The monoisotopic (exact) mass is 281 g/mol. The van der Waals surface area contributed by atoms with E-state index in [-0.39, 0.29) is 19.6 Å². The number of hydrogen-bond donors (Lipinski definition) is 0. The zero-order chi connectivity index (χ0) is 14.5. The second-order valence-electron chi connectivity index (χ2n) is 4.93. The third-order valence-corrected chi connectivity index (χ3v) is 3.48. The molecule has 1 rings (SSSR count). The Kier molecular flexibility index (Phi) is 6.10. The lowest BCUT2D eigenvalue weighted by atomic mass is 9.95. The van der Waals surface area contributed by atoms with Gasteiger partial charge in [0.2, 0.25) is 0 Å². The molecule has 1 fully saturated rings. The van der Waals surface area contributed by atoms with E-state index in [9.17, 15) is 18.0 Å². The van der Waals surface area contributed by atoms with Gasteiger partial charge in [-0.25, -0.2) is 0 Å². The van der Waals surface area contributed by atoms with Gasteiger partial charge in [0.15, 0.2) is 0 Å². The molecule has 0 aliphatic carbocycles. The number of halogens is 3. The summed E-state index contributed by atoms with van der Waals surface area (Å²) < 4.78 is 43.3. The Morgan fingerprint density at radius 3 is 2.63 bits per heavy atom. The SMILES string of the molecule is CCCC(C(=O)OCC)N1CCCC(C(F)(F)F)C1. The van der Waals surface area contributed by atoms with Crippen molar-refractivity contribution in [3.63, 3.8) is 0 Å². The second-order valence-corrected chi connectivity index (χ2v) is 4.93. The zero-order valence-corrected chi connectivity index (χ0v) is 11.5. The number of alkyl halides is 3. The van der Waals surface area contributed by atoms with E-state index < -0.39 is 24.1 Å². The highest BCUT2D eigenvalue weighted by atomic mass is 19.4. The van der Waals surface area contributed by atoms with Crippen LogP contribution in [0.1, 0.15) is 39.5 Å². The minimum absolute atomic E-state index is 0.0903. The average molecular weight is 281 g/mol. The quantitative estimate of drug-likeness (QED) is 0.726. The molecule has 0 aromatic rings. The molecule has 0 radical (unpaired) electrons. The van der Waals surface area contributed by atoms with E-state index in [0.717, 1.165) is 6.42 Å². The van der Waals surface area contributed by atoms with Gasteiger partial charge >= 0.3 is 12.1 Å². The Bertz CT molecular complexity index is 294. The Balaban J connectivity index is 2.70. The van der Waals surface area contributed by atoms with Crippen LogP contribution in [0.4, 0.5) is 13.2 Å². The topological polar surface area (TPSA) is 29.5 Å². The lowest BCUT2D eigenvalue weighted by Crippen LogP contribution is -2.50. The summed E-state index contributed by atoms with van der Waals surface area (Å²) in [6, 6.07) is -0.532. The summed E-state index contributed by atoms with van der Waals surface area (Å²) in [5.74, 6) is -1.72. The van der Waals surface area contributed by atoms with Gasteiger partial charge in [0.05, 0.1) is 12.5 Å². The third kappa shape index (κ3) is 4.67. The molecule has 1 heterocycles. The molecule has 1 aliphatic heterocycles. The second kappa shape index (κ2) is 7.12. The first-order valence-corrected chi connectivity index (χ1v) is 6.87. The predicted octanol–water partition coefficient (Wildman–Crippen LogP) is 2.99. The van der Waals surface area contributed by atoms with E-state index in [0.29, 0.717) is 19.4 Å². The Hall–Kier alpha value is -0.780. The van der Waals surface area contributed by atoms with Crippen LogP contribution in [0.2, 0.25) is 0 Å². The van der Waals surface area contributed by atoms with Gasteiger partial charge in [0, 0.05) is 6.54 Å². The third-order valence-electron chi connectivity index (χ3n) is 3.48. The number of likely N-dealkylation sites (tertiary alicyclic amines) is 1. The van der Waals surface area contributed by atoms with Crippen molar-refractivity contribution < 1.29 is 22.7 Å². The van der Waals surface area contributed by atoms with Crippen LogP contribution in [-0.2, 0) is 9.53 Å². The number of ether oxygens (including phenoxy) is 1. The molecule has 6 heteroatoms. The van der Waals surface area contributed by atoms with Gasteiger partial charge < -0.3 is 4.74 Å². The largest absolute Gasteiger partial charge is 0.465 e. The van der Waals surface area contributed by atoms with Crippen molar-refractivity contribution in [1.29, 1.82) is 0 Å². The van der Waals surface area contributed by atoms with Gasteiger partial charge in [-0.1, -0.05) is 13.3 Å². The van der Waals surface area contributed by atoms with Crippen LogP contribution in [0.15, 0.2) is 0 Å². The lowest BCUT2D eigenvalue weighted by Gasteiger charge is -2.37. The molecule has 0 saturated carbocycles. The molecule has 112 valence electrons. The van der Waals surface area contributed by atoms with Crippen molar-refractivity contribution >= 4 is 5.97 Å². The normalized spacial score (nSPS) is 23.1. The molecule has 2 atom stereocenters. The fourth-order valence-electron chi connectivity index (χ4n) is 2.52. The number of esters is 1. The van der Waals surface area contributed by atoms with Crippen molar-refractivity contribution in [2.24, 2.45) is 5.92 Å². The highest BCUT2D eigenvalue weighted by Gasteiger charge is 2.43. The van der Waals surface area contributed by atoms with Gasteiger partial charge in [-0.3, -0.25) is 9.69 Å². The Labute approximate surface area is 112 Å². The molecule has 0 amide bonds. The fourth-order valence-corrected chi connectivity index (χ4v) is 2.52. The summed E-state index contributed by atoms with van der Waals surface area (Å²) in [5.41, 5.74) is 0. The number of carbonyl (C=O) groups excluding carboxylic acids is 1. The average Bonchev–Trinajstić information content (AvgIpc) is 2.35. The van der Waals surface area contributed by atoms with Crippen molar-refractivity contribution in [2.45, 2.75) is 51.7 Å². The highest BCUT2D eigenvalue weighted by molar-refractivity contribution is 5.75. The zero-order valence-electron chi connectivity index (χ0n) is 11.5. The van der Waals surface area contributed by atoms with Gasteiger partial charge in [0.25, 0.3) is 0 Å². The first-order valence-electron chi connectivity index (χ1n) is 6.87. The summed E-state index contributed by atoms with van der Waals surface area (Å²) in [6.07, 6.45) is -2.25. The molecule has 0 spiro atoms. The van der Waals surface area contributed by atoms with Gasteiger partial charge in [-0.2, -0.15) is 13.2 Å². The van der Waals surface area contributed by atoms with Gasteiger partial charge in [-0.05, 0) is 32.7 Å². The number of hydrogen-bond acceptors (Lipinski definition) is 3. The van der Waals surface area contributed by atoms with E-state index >= 15 is 0 Å². The number of nitrogens with zero attached hydrogens (tertiary/aromatic N) is 1. The maximum atomic E-state index is 12.8. The van der Waals surface area contributed by atoms with Crippen molar-refractivity contribution in [3.05, 3.63) is 0 Å². The highest BCUT2D eigenvalue weighted by Crippen LogP contribution is 2.34. The molecule has 19 heavy (non-hydrogen) atoms. The van der Waals surface area contributed by atoms with E-state index in [1.54, 1.807) is 11.8 Å². The summed E-state index contributed by atoms with van der Waals surface area (Å²) in [6.45, 7) is 4.33. The van der Waals surface area contributed by atoms with E-state index in [1.807, 2.05) is 6.92 Å². The minimum Gasteiger partial charge on any atom is -0.465 e. The van der Waals surface area contributed by atoms with Crippen LogP contribution in [0.5, 0.6) is 0 Å². The van der Waals surface area contributed by atoms with Crippen LogP contribution >= 0.6 is 0 Å². The summed E-state index contributed by atoms with van der Waals surface area (Å²) in [5, 5.41) is 0. The van der Waals surface area contributed by atoms with E-state index in [4.69, 9.17) is 4.74 Å². The van der Waals surface area contributed by atoms with Crippen LogP contribution in [0, 0.1) is 5.92 Å². The minimum atomic E-state index is -4.18. The predicted molar refractivity (Wildman–Crippen MR) is 65.7 cm³/mol. The van der Waals surface area contributed by atoms with Crippen molar-refractivity contribution in [3.8, 4) is 0 Å². The van der Waals surface area contributed by atoms with Crippen LogP contribution in [0.25, 0.3) is 0 Å². The molecule has 1 saturated heterocycles. The van der Waals surface area contributed by atoms with Crippen LogP contribution in [0.3, 0.4) is 0 Å². The van der Waals surface area contributed by atoms with Crippen molar-refractivity contribution in [2.75, 3.05) is 19.7 Å².